The number of rotatable bonds is 8. The summed E-state index contributed by atoms with van der Waals surface area (Å²) < 4.78 is 0. The maximum Gasteiger partial charge on any atom is 0.308 e. The monoisotopic (exact) mass is 452 g/mol. The fraction of sp³-hybridized carbons (Fsp3) is 0.273. The van der Waals surface area contributed by atoms with Crippen LogP contribution < -0.4 is 16.2 Å². The van der Waals surface area contributed by atoms with E-state index in [9.17, 15) is 19.2 Å². The van der Waals surface area contributed by atoms with Gasteiger partial charge in [0.1, 0.15) is 5.56 Å². The Hall–Kier alpha value is -4.28. The van der Waals surface area contributed by atoms with Gasteiger partial charge in [0.2, 0.25) is 0 Å². The Morgan fingerprint density at radius 1 is 1.12 bits per heavy atom. The Labute approximate surface area is 188 Å². The van der Waals surface area contributed by atoms with Gasteiger partial charge in [-0.25, -0.2) is 4.98 Å². The topological polar surface area (TPSA) is 170 Å². The minimum absolute atomic E-state index is 0.131. The molecule has 3 rings (SSSR count). The number of hydrogen-bond donors (Lipinski definition) is 5. The number of aromatic nitrogens is 4. The Balaban J connectivity index is 1.69. The van der Waals surface area contributed by atoms with Gasteiger partial charge in [-0.05, 0) is 31.0 Å². The van der Waals surface area contributed by atoms with Gasteiger partial charge in [0.25, 0.3) is 17.4 Å². The molecule has 172 valence electrons. The largest absolute Gasteiger partial charge is 0.481 e. The first-order chi connectivity index (χ1) is 15.6. The number of aliphatic carboxylic acids is 1. The summed E-state index contributed by atoms with van der Waals surface area (Å²) in [6.45, 7) is 4.89. The normalized spacial score (nSPS) is 12.1. The van der Waals surface area contributed by atoms with Crippen molar-refractivity contribution < 1.29 is 19.5 Å². The van der Waals surface area contributed by atoms with E-state index in [0.717, 1.165) is 23.0 Å². The molecule has 0 saturated heterocycles. The fourth-order valence-corrected chi connectivity index (χ4v) is 3.00. The van der Waals surface area contributed by atoms with Crippen LogP contribution in [0.4, 0.5) is 0 Å². The lowest BCUT2D eigenvalue weighted by atomic mass is 9.92. The van der Waals surface area contributed by atoms with Crippen molar-refractivity contribution in [2.75, 3.05) is 6.54 Å². The van der Waals surface area contributed by atoms with E-state index < -0.39 is 34.8 Å². The summed E-state index contributed by atoms with van der Waals surface area (Å²) in [5.74, 6) is -3.59. The van der Waals surface area contributed by atoms with Crippen molar-refractivity contribution in [3.8, 4) is 11.3 Å². The van der Waals surface area contributed by atoms with Gasteiger partial charge in [-0.2, -0.15) is 5.10 Å². The van der Waals surface area contributed by atoms with Crippen LogP contribution in [0.2, 0.25) is 0 Å². The fourth-order valence-electron chi connectivity index (χ4n) is 3.00. The van der Waals surface area contributed by atoms with Gasteiger partial charge in [0.15, 0.2) is 5.82 Å². The van der Waals surface area contributed by atoms with Crippen LogP contribution in [0.1, 0.15) is 47.3 Å². The number of carbonyl (C=O) groups excluding carboxylic acids is 2. The van der Waals surface area contributed by atoms with E-state index in [2.05, 4.69) is 30.8 Å². The minimum Gasteiger partial charge on any atom is -0.481 e. The zero-order valence-electron chi connectivity index (χ0n) is 18.3. The molecule has 0 aliphatic carbocycles. The van der Waals surface area contributed by atoms with Gasteiger partial charge in [0, 0.05) is 18.9 Å². The third-order valence-electron chi connectivity index (χ3n) is 5.09. The standard InChI is InChI=1S/C22H24N6O5/c1-12(21(32)33)10-24-20(31)17-23-11-15(18(29)26-17)19(30)27-22(2,3)14-6-4-13(5-7-14)16-8-9-25-28-16/h4-9,11-12H,10H2,1-3H3,(H,24,31)(H,25,28)(H,27,30)(H,32,33)(H,23,26,29)/t12-/m1/s1. The van der Waals surface area contributed by atoms with E-state index in [1.54, 1.807) is 20.0 Å². The SMILES string of the molecule is C[C@H](CNC(=O)c1ncc(C(=O)NC(C)(C)c2ccc(-c3ccn[nH]3)cc2)c(=O)[nH]1)C(=O)O. The summed E-state index contributed by atoms with van der Waals surface area (Å²) >= 11 is 0. The molecule has 11 heteroatoms. The third kappa shape index (κ3) is 5.50. The van der Waals surface area contributed by atoms with Crippen LogP contribution in [0.5, 0.6) is 0 Å². The molecule has 0 saturated carbocycles. The second-order valence-electron chi connectivity index (χ2n) is 8.05. The molecule has 1 aromatic carbocycles. The average Bonchev–Trinajstić information content (AvgIpc) is 3.31. The summed E-state index contributed by atoms with van der Waals surface area (Å²) in [5, 5.41) is 20.8. The second kappa shape index (κ2) is 9.47. The maximum absolute atomic E-state index is 12.7. The molecule has 0 radical (unpaired) electrons. The summed E-state index contributed by atoms with van der Waals surface area (Å²) in [7, 11) is 0. The minimum atomic E-state index is -1.07. The summed E-state index contributed by atoms with van der Waals surface area (Å²) in [4.78, 5) is 54.1. The summed E-state index contributed by atoms with van der Waals surface area (Å²) in [6.07, 6.45) is 2.67. The van der Waals surface area contributed by atoms with Gasteiger partial charge in [-0.15, -0.1) is 0 Å². The Morgan fingerprint density at radius 3 is 2.39 bits per heavy atom. The number of aromatic amines is 2. The lowest BCUT2D eigenvalue weighted by Gasteiger charge is -2.27. The van der Waals surface area contributed by atoms with Gasteiger partial charge in [0.05, 0.1) is 17.2 Å². The molecule has 11 nitrogen and oxygen atoms in total. The number of carbonyl (C=O) groups is 3. The first-order valence-electron chi connectivity index (χ1n) is 10.1. The molecular weight excluding hydrogens is 428 g/mol. The van der Waals surface area contributed by atoms with Crippen molar-refractivity contribution in [3.05, 3.63) is 70.0 Å². The Kier molecular flexibility index (Phi) is 6.71. The molecule has 5 N–H and O–H groups in total. The summed E-state index contributed by atoms with van der Waals surface area (Å²) in [6, 6.07) is 9.36. The predicted molar refractivity (Wildman–Crippen MR) is 119 cm³/mol. The number of amides is 2. The number of H-pyrrole nitrogens is 2. The molecule has 2 aromatic heterocycles. The highest BCUT2D eigenvalue weighted by molar-refractivity contribution is 5.95. The van der Waals surface area contributed by atoms with Crippen LogP contribution in [0, 0.1) is 5.92 Å². The number of carboxylic acids is 1. The van der Waals surface area contributed by atoms with E-state index >= 15 is 0 Å². The van der Waals surface area contributed by atoms with E-state index in [1.807, 2.05) is 30.3 Å². The highest BCUT2D eigenvalue weighted by Crippen LogP contribution is 2.24. The second-order valence-corrected chi connectivity index (χ2v) is 8.05. The smallest absolute Gasteiger partial charge is 0.308 e. The van der Waals surface area contributed by atoms with Crippen LogP contribution in [0.3, 0.4) is 0 Å². The lowest BCUT2D eigenvalue weighted by Crippen LogP contribution is -2.43. The van der Waals surface area contributed by atoms with Gasteiger partial charge >= 0.3 is 5.97 Å². The molecule has 2 amide bonds. The number of hydrogen-bond acceptors (Lipinski definition) is 6. The molecule has 33 heavy (non-hydrogen) atoms. The van der Waals surface area contributed by atoms with Crippen molar-refractivity contribution in [1.82, 2.24) is 30.8 Å². The van der Waals surface area contributed by atoms with Crippen molar-refractivity contribution in [3.63, 3.8) is 0 Å². The van der Waals surface area contributed by atoms with Crippen LogP contribution in [0.15, 0.2) is 47.5 Å². The van der Waals surface area contributed by atoms with E-state index in [1.165, 1.54) is 6.92 Å². The van der Waals surface area contributed by atoms with Crippen LogP contribution in [-0.4, -0.2) is 49.6 Å². The summed E-state index contributed by atoms with van der Waals surface area (Å²) in [5.41, 5.74) is 0.760. The Morgan fingerprint density at radius 2 is 1.82 bits per heavy atom. The quantitative estimate of drug-likeness (QED) is 0.343. The van der Waals surface area contributed by atoms with Crippen LogP contribution in [0.25, 0.3) is 11.3 Å². The zero-order chi connectivity index (χ0) is 24.2. The molecule has 0 aliphatic rings. The molecule has 0 fully saturated rings. The Bertz CT molecular complexity index is 1210. The highest BCUT2D eigenvalue weighted by Gasteiger charge is 2.25. The van der Waals surface area contributed by atoms with Crippen LogP contribution in [-0.2, 0) is 10.3 Å². The molecule has 0 aliphatic heterocycles. The molecule has 0 spiro atoms. The molecule has 3 aromatic rings. The highest BCUT2D eigenvalue weighted by atomic mass is 16.4. The molecule has 2 heterocycles. The van der Waals surface area contributed by atoms with Gasteiger partial charge in [-0.3, -0.25) is 24.3 Å². The molecule has 0 unspecified atom stereocenters. The number of nitrogens with zero attached hydrogens (tertiary/aromatic N) is 2. The lowest BCUT2D eigenvalue weighted by molar-refractivity contribution is -0.140. The maximum atomic E-state index is 12.7. The van der Waals surface area contributed by atoms with E-state index in [4.69, 9.17) is 5.11 Å². The van der Waals surface area contributed by atoms with Crippen molar-refractivity contribution >= 4 is 17.8 Å². The van der Waals surface area contributed by atoms with Crippen molar-refractivity contribution in [1.29, 1.82) is 0 Å². The van der Waals surface area contributed by atoms with Gasteiger partial charge < -0.3 is 20.7 Å². The number of benzene rings is 1. The predicted octanol–water partition coefficient (Wildman–Crippen LogP) is 1.28. The van der Waals surface area contributed by atoms with Crippen LogP contribution >= 0.6 is 0 Å². The first-order valence-corrected chi connectivity index (χ1v) is 10.1. The first kappa shape index (κ1) is 23.4. The van der Waals surface area contributed by atoms with E-state index in [-0.39, 0.29) is 17.9 Å². The van der Waals surface area contributed by atoms with Crippen molar-refractivity contribution in [2.24, 2.45) is 5.92 Å². The van der Waals surface area contributed by atoms with E-state index in [0.29, 0.717) is 0 Å². The third-order valence-corrected chi connectivity index (χ3v) is 5.09. The zero-order valence-corrected chi connectivity index (χ0v) is 18.3. The average molecular weight is 452 g/mol. The molecule has 1 atom stereocenters. The number of nitrogens with one attached hydrogen (secondary N) is 4. The molecule has 0 bridgehead atoms. The number of carboxylic acid groups (broad SMARTS) is 1. The van der Waals surface area contributed by atoms with Gasteiger partial charge in [-0.1, -0.05) is 31.2 Å². The molecular formula is C22H24N6O5. The van der Waals surface area contributed by atoms with Crippen molar-refractivity contribution in [2.45, 2.75) is 26.3 Å².